The molecule has 0 aliphatic rings. The van der Waals surface area contributed by atoms with E-state index in [1.54, 1.807) is 19.1 Å². The molecule has 70 valence electrons. The lowest BCUT2D eigenvalue weighted by Gasteiger charge is -2.11. The van der Waals surface area contributed by atoms with E-state index in [2.05, 4.69) is 0 Å². The first kappa shape index (κ1) is 10.0. The fourth-order valence-electron chi connectivity index (χ4n) is 1.19. The number of aromatic carboxylic acids is 1. The maximum Gasteiger partial charge on any atom is 0.336 e. The van der Waals surface area contributed by atoms with Gasteiger partial charge in [0.1, 0.15) is 0 Å². The van der Waals surface area contributed by atoms with E-state index >= 15 is 0 Å². The molecule has 1 aromatic rings. The minimum atomic E-state index is -1.00. The van der Waals surface area contributed by atoms with Crippen LogP contribution in [0, 0.1) is 0 Å². The molecule has 0 aliphatic heterocycles. The third-order valence-electron chi connectivity index (χ3n) is 1.74. The molecule has 0 radical (unpaired) electrons. The predicted octanol–water partition coefficient (Wildman–Crippen LogP) is 2.06. The number of nitrogens with two attached hydrogens (primary N) is 1. The van der Waals surface area contributed by atoms with Gasteiger partial charge in [0.2, 0.25) is 0 Å². The lowest BCUT2D eigenvalue weighted by molar-refractivity contribution is 0.0695. The summed E-state index contributed by atoms with van der Waals surface area (Å²) in [5.74, 6) is -1.00. The summed E-state index contributed by atoms with van der Waals surface area (Å²) in [7, 11) is 0. The summed E-state index contributed by atoms with van der Waals surface area (Å²) in [6, 6.07) is 4.34. The maximum atomic E-state index is 10.8. The van der Waals surface area contributed by atoms with Crippen LogP contribution in [0.3, 0.4) is 0 Å². The number of hydrogen-bond donors (Lipinski definition) is 2. The molecule has 0 fully saturated rings. The van der Waals surface area contributed by atoms with Crippen molar-refractivity contribution in [3.63, 3.8) is 0 Å². The fraction of sp³-hybridized carbons (Fsp3) is 0.222. The van der Waals surface area contributed by atoms with Gasteiger partial charge >= 0.3 is 5.97 Å². The molecule has 3 nitrogen and oxygen atoms in total. The first-order valence-corrected chi connectivity index (χ1v) is 4.19. The Morgan fingerprint density at radius 3 is 2.62 bits per heavy atom. The van der Waals surface area contributed by atoms with E-state index in [1.165, 1.54) is 6.07 Å². The Labute approximate surface area is 81.1 Å². The minimum Gasteiger partial charge on any atom is -0.478 e. The molecule has 3 N–H and O–H groups in total. The lowest BCUT2D eigenvalue weighted by atomic mass is 10.0. The average Bonchev–Trinajstić information content (AvgIpc) is 2.02. The van der Waals surface area contributed by atoms with Gasteiger partial charge in [-0.2, -0.15) is 0 Å². The Morgan fingerprint density at radius 2 is 2.23 bits per heavy atom. The number of halogens is 1. The summed E-state index contributed by atoms with van der Waals surface area (Å²) < 4.78 is 0. The Bertz CT molecular complexity index is 336. The highest BCUT2D eigenvalue weighted by Gasteiger charge is 2.15. The molecule has 0 bridgehead atoms. The van der Waals surface area contributed by atoms with Crippen molar-refractivity contribution in [3.05, 3.63) is 34.3 Å². The van der Waals surface area contributed by atoms with E-state index in [4.69, 9.17) is 22.4 Å². The lowest BCUT2D eigenvalue weighted by Crippen LogP contribution is -2.12. The average molecular weight is 200 g/mol. The zero-order chi connectivity index (χ0) is 10.0. The summed E-state index contributed by atoms with van der Waals surface area (Å²) in [4.78, 5) is 10.8. The number of rotatable bonds is 2. The van der Waals surface area contributed by atoms with Crippen LogP contribution in [0.15, 0.2) is 18.2 Å². The number of carbonyl (C=O) groups is 1. The number of carboxylic acids is 1. The van der Waals surface area contributed by atoms with Gasteiger partial charge in [-0.25, -0.2) is 4.79 Å². The smallest absolute Gasteiger partial charge is 0.336 e. The van der Waals surface area contributed by atoms with Crippen molar-refractivity contribution in [2.24, 2.45) is 5.73 Å². The molecule has 0 amide bonds. The Kier molecular flexibility index (Phi) is 2.90. The van der Waals surface area contributed by atoms with Crippen molar-refractivity contribution < 1.29 is 9.90 Å². The van der Waals surface area contributed by atoms with Crippen molar-refractivity contribution in [1.82, 2.24) is 0 Å². The summed E-state index contributed by atoms with van der Waals surface area (Å²) in [5.41, 5.74) is 6.26. The maximum absolute atomic E-state index is 10.8. The molecule has 13 heavy (non-hydrogen) atoms. The zero-order valence-electron chi connectivity index (χ0n) is 7.12. The van der Waals surface area contributed by atoms with Crippen LogP contribution in [0.5, 0.6) is 0 Å². The summed E-state index contributed by atoms with van der Waals surface area (Å²) in [6.45, 7) is 1.70. The summed E-state index contributed by atoms with van der Waals surface area (Å²) in [6.07, 6.45) is 0. The molecular formula is C9H10ClNO2. The molecule has 0 aromatic heterocycles. The highest BCUT2D eigenvalue weighted by molar-refractivity contribution is 6.31. The van der Waals surface area contributed by atoms with E-state index in [-0.39, 0.29) is 11.6 Å². The van der Waals surface area contributed by atoms with Crippen LogP contribution >= 0.6 is 11.6 Å². The predicted molar refractivity (Wildman–Crippen MR) is 51.0 cm³/mol. The highest BCUT2D eigenvalue weighted by atomic mass is 35.5. The fourth-order valence-corrected chi connectivity index (χ4v) is 1.53. The van der Waals surface area contributed by atoms with Gasteiger partial charge in [0.05, 0.1) is 5.56 Å². The van der Waals surface area contributed by atoms with Crippen molar-refractivity contribution in [3.8, 4) is 0 Å². The van der Waals surface area contributed by atoms with Crippen LogP contribution in [-0.2, 0) is 0 Å². The second kappa shape index (κ2) is 3.77. The largest absolute Gasteiger partial charge is 0.478 e. The first-order chi connectivity index (χ1) is 6.04. The van der Waals surface area contributed by atoms with Gasteiger partial charge in [0, 0.05) is 16.6 Å². The third kappa shape index (κ3) is 1.99. The standard InChI is InChI=1S/C9H10ClNO2/c1-5(11)8-6(9(12)13)3-2-4-7(8)10/h2-5H,11H2,1H3,(H,12,13)/t5-/m1/s1. The van der Waals surface area contributed by atoms with Crippen LogP contribution in [0.2, 0.25) is 5.02 Å². The Morgan fingerprint density at radius 1 is 1.62 bits per heavy atom. The summed E-state index contributed by atoms with van der Waals surface area (Å²) >= 11 is 5.83. The van der Waals surface area contributed by atoms with Gasteiger partial charge in [0.25, 0.3) is 0 Å². The minimum absolute atomic E-state index is 0.169. The molecule has 0 aliphatic carbocycles. The summed E-state index contributed by atoms with van der Waals surface area (Å²) in [5, 5.41) is 9.22. The second-order valence-corrected chi connectivity index (χ2v) is 3.20. The zero-order valence-corrected chi connectivity index (χ0v) is 7.88. The normalized spacial score (nSPS) is 12.5. The van der Waals surface area contributed by atoms with Crippen molar-refractivity contribution in [1.29, 1.82) is 0 Å². The molecule has 0 spiro atoms. The van der Waals surface area contributed by atoms with Crippen LogP contribution in [0.25, 0.3) is 0 Å². The second-order valence-electron chi connectivity index (χ2n) is 2.79. The molecule has 1 atom stereocenters. The topological polar surface area (TPSA) is 63.3 Å². The molecule has 0 unspecified atom stereocenters. The molecule has 1 rings (SSSR count). The first-order valence-electron chi connectivity index (χ1n) is 3.81. The van der Waals surface area contributed by atoms with Gasteiger partial charge < -0.3 is 10.8 Å². The Hall–Kier alpha value is -1.06. The van der Waals surface area contributed by atoms with Gasteiger partial charge in [0.15, 0.2) is 0 Å². The number of benzene rings is 1. The van der Waals surface area contributed by atoms with Crippen LogP contribution in [-0.4, -0.2) is 11.1 Å². The van der Waals surface area contributed by atoms with E-state index in [1.807, 2.05) is 0 Å². The SMILES string of the molecule is C[C@@H](N)c1c(Cl)cccc1C(=O)O. The van der Waals surface area contributed by atoms with Gasteiger partial charge in [-0.1, -0.05) is 17.7 Å². The van der Waals surface area contributed by atoms with Crippen molar-refractivity contribution >= 4 is 17.6 Å². The molecule has 0 heterocycles. The van der Waals surface area contributed by atoms with E-state index in [0.29, 0.717) is 10.6 Å². The van der Waals surface area contributed by atoms with Crippen LogP contribution in [0.1, 0.15) is 28.9 Å². The van der Waals surface area contributed by atoms with E-state index in [9.17, 15) is 4.79 Å². The number of hydrogen-bond acceptors (Lipinski definition) is 2. The van der Waals surface area contributed by atoms with E-state index in [0.717, 1.165) is 0 Å². The molecule has 4 heteroatoms. The highest BCUT2D eigenvalue weighted by Crippen LogP contribution is 2.25. The van der Waals surface area contributed by atoms with Gasteiger partial charge in [-0.15, -0.1) is 0 Å². The van der Waals surface area contributed by atoms with Crippen molar-refractivity contribution in [2.75, 3.05) is 0 Å². The van der Waals surface area contributed by atoms with E-state index < -0.39 is 5.97 Å². The van der Waals surface area contributed by atoms with Crippen LogP contribution < -0.4 is 5.73 Å². The molecule has 1 aromatic carbocycles. The molecule has 0 saturated carbocycles. The van der Waals surface area contributed by atoms with Crippen LogP contribution in [0.4, 0.5) is 0 Å². The third-order valence-corrected chi connectivity index (χ3v) is 2.07. The molecular weight excluding hydrogens is 190 g/mol. The number of carboxylic acid groups (broad SMARTS) is 1. The Balaban J connectivity index is 3.34. The monoisotopic (exact) mass is 199 g/mol. The molecule has 0 saturated heterocycles. The van der Waals surface area contributed by atoms with Gasteiger partial charge in [-0.05, 0) is 19.1 Å². The quantitative estimate of drug-likeness (QED) is 0.767. The van der Waals surface area contributed by atoms with Gasteiger partial charge in [-0.3, -0.25) is 0 Å². The van der Waals surface area contributed by atoms with Crippen molar-refractivity contribution in [2.45, 2.75) is 13.0 Å².